The number of amides is 1. The number of nitrogens with one attached hydrogen (secondary N) is 1. The number of benzene rings is 2. The molecule has 4 rings (SSSR count). The molecule has 0 aliphatic carbocycles. The number of carbonyl (C=O) groups is 2. The van der Waals surface area contributed by atoms with Crippen LogP contribution in [0.5, 0.6) is 0 Å². The second-order valence-electron chi connectivity index (χ2n) is 7.43. The van der Waals surface area contributed by atoms with Crippen molar-refractivity contribution in [1.29, 1.82) is 0 Å². The summed E-state index contributed by atoms with van der Waals surface area (Å²) < 4.78 is 40.9. The van der Waals surface area contributed by atoms with Gasteiger partial charge in [0.1, 0.15) is 0 Å². The van der Waals surface area contributed by atoms with E-state index < -0.39 is 17.3 Å². The van der Waals surface area contributed by atoms with E-state index in [-0.39, 0.29) is 28.3 Å². The largest absolute Gasteiger partial charge is 0.416 e. The second-order valence-corrected chi connectivity index (χ2v) is 9.48. The third kappa shape index (κ3) is 5.20. The van der Waals surface area contributed by atoms with Crippen molar-refractivity contribution < 1.29 is 22.8 Å². The molecule has 34 heavy (non-hydrogen) atoms. The lowest BCUT2D eigenvalue weighted by atomic mass is 10.1. The molecule has 0 saturated heterocycles. The molecule has 1 aromatic heterocycles. The Morgan fingerprint density at radius 3 is 2.59 bits per heavy atom. The number of aromatic nitrogens is 2. The van der Waals surface area contributed by atoms with Crippen LogP contribution in [0.3, 0.4) is 0 Å². The molecule has 0 fully saturated rings. The number of halogens is 3. The molecule has 3 aromatic rings. The molecule has 176 valence electrons. The summed E-state index contributed by atoms with van der Waals surface area (Å²) in [5.41, 5.74) is 0.287. The van der Waals surface area contributed by atoms with Gasteiger partial charge < -0.3 is 5.32 Å². The topological polar surface area (TPSA) is 81.1 Å². The van der Waals surface area contributed by atoms with Gasteiger partial charge in [0.05, 0.1) is 27.6 Å². The summed E-state index contributed by atoms with van der Waals surface area (Å²) in [4.78, 5) is 41.9. The molecule has 1 aliphatic rings. The predicted molar refractivity (Wildman–Crippen MR) is 125 cm³/mol. The van der Waals surface area contributed by atoms with E-state index in [1.807, 2.05) is 0 Å². The van der Waals surface area contributed by atoms with Gasteiger partial charge in [-0.2, -0.15) is 13.2 Å². The second kappa shape index (κ2) is 9.67. The maximum atomic E-state index is 13.3. The van der Waals surface area contributed by atoms with Gasteiger partial charge in [-0.3, -0.25) is 19.0 Å². The Bertz CT molecular complexity index is 1320. The number of fused-ring (bicyclic) bond motifs is 1. The van der Waals surface area contributed by atoms with Crippen LogP contribution >= 0.6 is 23.5 Å². The van der Waals surface area contributed by atoms with Crippen molar-refractivity contribution >= 4 is 40.9 Å². The highest BCUT2D eigenvalue weighted by Gasteiger charge is 2.31. The number of aryl methyl sites for hydroxylation is 1. The lowest BCUT2D eigenvalue weighted by molar-refractivity contribution is -0.137. The van der Waals surface area contributed by atoms with Crippen molar-refractivity contribution in [1.82, 2.24) is 9.55 Å². The third-order valence-electron chi connectivity index (χ3n) is 5.01. The number of alkyl halides is 3. The first-order valence-corrected chi connectivity index (χ1v) is 12.1. The quantitative estimate of drug-likeness (QED) is 0.294. The summed E-state index contributed by atoms with van der Waals surface area (Å²) in [6.45, 7) is 1.44. The van der Waals surface area contributed by atoms with Crippen molar-refractivity contribution in [2.24, 2.45) is 0 Å². The normalized spacial score (nSPS) is 12.9. The maximum Gasteiger partial charge on any atom is 0.416 e. The summed E-state index contributed by atoms with van der Waals surface area (Å²) in [5.74, 6) is 0.0544. The molecule has 2 heterocycles. The van der Waals surface area contributed by atoms with Crippen molar-refractivity contribution in [3.05, 3.63) is 75.7 Å². The minimum Gasteiger partial charge on any atom is -0.325 e. The highest BCUT2D eigenvalue weighted by molar-refractivity contribution is 8.00. The summed E-state index contributed by atoms with van der Waals surface area (Å²) in [7, 11) is 0. The van der Waals surface area contributed by atoms with E-state index in [1.54, 1.807) is 24.3 Å². The van der Waals surface area contributed by atoms with Gasteiger partial charge in [0.15, 0.2) is 10.9 Å². The molecule has 0 bridgehead atoms. The van der Waals surface area contributed by atoms with E-state index in [0.717, 1.165) is 28.5 Å². The van der Waals surface area contributed by atoms with Gasteiger partial charge in [-0.15, -0.1) is 11.8 Å². The number of Topliss-reactive ketones (excluding diaryl/α,β-unsaturated/α-hetero) is 1. The zero-order chi connectivity index (χ0) is 24.5. The standard InChI is InChI=1S/C23H18F3N3O3S2/c1-13(30)14-5-7-16(8-6-14)27-19(31)12-34-22-28-18-9-10-33-20(18)21(32)29(22)17-4-2-3-15(11-17)23(24,25)26/h2-8,11H,9-10,12H2,1H3,(H,27,31). The SMILES string of the molecule is CC(=O)c1ccc(NC(=O)CSc2nc3c(c(=O)n2-c2cccc(C(F)(F)F)c2)SCC3)cc1. The number of rotatable bonds is 6. The van der Waals surface area contributed by atoms with Crippen molar-refractivity contribution in [2.75, 3.05) is 16.8 Å². The zero-order valence-corrected chi connectivity index (χ0v) is 19.4. The minimum absolute atomic E-state index is 0.0327. The molecule has 0 unspecified atom stereocenters. The number of anilines is 1. The van der Waals surface area contributed by atoms with Crippen LogP contribution in [0.25, 0.3) is 5.69 Å². The van der Waals surface area contributed by atoms with E-state index in [0.29, 0.717) is 34.0 Å². The number of ketones is 1. The van der Waals surface area contributed by atoms with Gasteiger partial charge in [-0.25, -0.2) is 4.98 Å². The summed E-state index contributed by atoms with van der Waals surface area (Å²) in [6, 6.07) is 10.9. The summed E-state index contributed by atoms with van der Waals surface area (Å²) >= 11 is 2.29. The molecule has 0 atom stereocenters. The van der Waals surface area contributed by atoms with Crippen LogP contribution in [-0.4, -0.2) is 32.7 Å². The summed E-state index contributed by atoms with van der Waals surface area (Å²) in [6.07, 6.45) is -4.00. The van der Waals surface area contributed by atoms with E-state index >= 15 is 0 Å². The van der Waals surface area contributed by atoms with Crippen LogP contribution in [0.1, 0.15) is 28.5 Å². The Balaban J connectivity index is 1.61. The Morgan fingerprint density at radius 2 is 1.91 bits per heavy atom. The van der Waals surface area contributed by atoms with Gasteiger partial charge >= 0.3 is 6.18 Å². The fourth-order valence-electron chi connectivity index (χ4n) is 3.35. The fraction of sp³-hybridized carbons (Fsp3) is 0.217. The van der Waals surface area contributed by atoms with Gasteiger partial charge in [0, 0.05) is 23.4 Å². The third-order valence-corrected chi connectivity index (χ3v) is 7.05. The molecular formula is C23H18F3N3O3S2. The van der Waals surface area contributed by atoms with E-state index in [9.17, 15) is 27.6 Å². The van der Waals surface area contributed by atoms with Crippen LogP contribution in [0.2, 0.25) is 0 Å². The smallest absolute Gasteiger partial charge is 0.325 e. The molecule has 1 N–H and O–H groups in total. The first kappa shape index (κ1) is 24.1. The Kier molecular flexibility index (Phi) is 6.85. The van der Waals surface area contributed by atoms with Crippen molar-refractivity contribution in [3.8, 4) is 5.69 Å². The van der Waals surface area contributed by atoms with Crippen molar-refractivity contribution in [3.63, 3.8) is 0 Å². The van der Waals surface area contributed by atoms with Crippen LogP contribution in [0.4, 0.5) is 18.9 Å². The highest BCUT2D eigenvalue weighted by Crippen LogP contribution is 2.33. The van der Waals surface area contributed by atoms with Crippen molar-refractivity contribution in [2.45, 2.75) is 29.6 Å². The Labute approximate surface area is 201 Å². The Morgan fingerprint density at radius 1 is 1.18 bits per heavy atom. The maximum absolute atomic E-state index is 13.3. The van der Waals surface area contributed by atoms with Crippen LogP contribution in [0, 0.1) is 0 Å². The molecular weight excluding hydrogens is 487 g/mol. The number of hydrogen-bond acceptors (Lipinski definition) is 6. The molecule has 1 aliphatic heterocycles. The van der Waals surface area contributed by atoms with Crippen LogP contribution in [0.15, 0.2) is 63.4 Å². The monoisotopic (exact) mass is 505 g/mol. The zero-order valence-electron chi connectivity index (χ0n) is 17.8. The van der Waals surface area contributed by atoms with Gasteiger partial charge in [0.2, 0.25) is 5.91 Å². The molecule has 1 amide bonds. The number of nitrogens with zero attached hydrogens (tertiary/aromatic N) is 2. The van der Waals surface area contributed by atoms with Crippen LogP contribution < -0.4 is 10.9 Å². The predicted octanol–water partition coefficient (Wildman–Crippen LogP) is 4.83. The average molecular weight is 506 g/mol. The average Bonchev–Trinajstić information content (AvgIpc) is 3.27. The van der Waals surface area contributed by atoms with E-state index in [2.05, 4.69) is 10.3 Å². The molecule has 11 heteroatoms. The Hall–Kier alpha value is -3.05. The van der Waals surface area contributed by atoms with Gasteiger partial charge in [0.25, 0.3) is 5.56 Å². The first-order chi connectivity index (χ1) is 16.1. The number of thioether (sulfide) groups is 2. The highest BCUT2D eigenvalue weighted by atomic mass is 32.2. The minimum atomic E-state index is -4.57. The number of carbonyl (C=O) groups excluding carboxylic acids is 2. The number of hydrogen-bond donors (Lipinski definition) is 1. The van der Waals surface area contributed by atoms with E-state index in [4.69, 9.17) is 0 Å². The molecule has 0 radical (unpaired) electrons. The molecule has 2 aromatic carbocycles. The fourth-order valence-corrected chi connectivity index (χ4v) is 5.21. The lowest BCUT2D eigenvalue weighted by Crippen LogP contribution is -2.25. The lowest BCUT2D eigenvalue weighted by Gasteiger charge is -2.15. The summed E-state index contributed by atoms with van der Waals surface area (Å²) in [5, 5.41) is 2.84. The molecule has 0 spiro atoms. The molecule has 6 nitrogen and oxygen atoms in total. The van der Waals surface area contributed by atoms with Gasteiger partial charge in [-0.1, -0.05) is 17.8 Å². The molecule has 0 saturated carbocycles. The van der Waals surface area contributed by atoms with E-state index in [1.165, 1.54) is 30.8 Å². The van der Waals surface area contributed by atoms with Gasteiger partial charge in [-0.05, 0) is 49.4 Å². The first-order valence-electron chi connectivity index (χ1n) is 10.1. The van der Waals surface area contributed by atoms with Crippen LogP contribution in [-0.2, 0) is 17.4 Å².